The molecule has 218 valence electrons. The summed E-state index contributed by atoms with van der Waals surface area (Å²) in [6, 6.07) is 19.3. The van der Waals surface area contributed by atoms with E-state index in [4.69, 9.17) is 4.74 Å². The summed E-state index contributed by atoms with van der Waals surface area (Å²) in [5, 5.41) is 12.0. The Hall–Kier alpha value is -5.06. The van der Waals surface area contributed by atoms with Gasteiger partial charge in [0.25, 0.3) is 5.91 Å². The number of ether oxygens (including phenoxy) is 1. The average molecular weight is 572 g/mol. The number of carboxylic acid groups (broad SMARTS) is 1. The van der Waals surface area contributed by atoms with Crippen molar-refractivity contribution in [2.75, 3.05) is 32.8 Å². The Morgan fingerprint density at radius 1 is 0.929 bits per heavy atom. The summed E-state index contributed by atoms with van der Waals surface area (Å²) in [7, 11) is 0. The molecular weight excluding hydrogens is 538 g/mol. The van der Waals surface area contributed by atoms with Gasteiger partial charge in [0.1, 0.15) is 11.7 Å². The maximum atomic E-state index is 13.5. The van der Waals surface area contributed by atoms with Gasteiger partial charge in [0.05, 0.1) is 12.3 Å². The van der Waals surface area contributed by atoms with E-state index in [1.807, 2.05) is 66.7 Å². The number of amides is 3. The van der Waals surface area contributed by atoms with E-state index in [1.165, 1.54) is 15.9 Å². The number of nitrogens with one attached hydrogen (secondary N) is 1. The normalized spacial score (nSPS) is 13.9. The van der Waals surface area contributed by atoms with Crippen LogP contribution < -0.4 is 5.32 Å². The molecule has 0 saturated carbocycles. The van der Waals surface area contributed by atoms with Crippen LogP contribution in [0.3, 0.4) is 0 Å². The Balaban J connectivity index is 1.56. The van der Waals surface area contributed by atoms with E-state index >= 15 is 0 Å². The molecule has 42 heavy (non-hydrogen) atoms. The van der Waals surface area contributed by atoms with Crippen molar-refractivity contribution in [1.82, 2.24) is 25.1 Å². The topological polar surface area (TPSA) is 142 Å². The maximum Gasteiger partial charge on any atom is 0.409 e. The van der Waals surface area contributed by atoms with Crippen molar-refractivity contribution in [2.45, 2.75) is 25.8 Å². The number of hydrogen-bond acceptors (Lipinski definition) is 7. The van der Waals surface area contributed by atoms with Gasteiger partial charge in [-0.2, -0.15) is 0 Å². The van der Waals surface area contributed by atoms with Crippen molar-refractivity contribution in [3.8, 4) is 11.4 Å². The Kier molecular flexibility index (Phi) is 10.4. The molecule has 0 spiro atoms. The lowest BCUT2D eigenvalue weighted by Gasteiger charge is -2.35. The predicted octanol–water partition coefficient (Wildman–Crippen LogP) is 3.58. The third-order valence-electron chi connectivity index (χ3n) is 6.62. The number of aliphatic carboxylic acids is 1. The summed E-state index contributed by atoms with van der Waals surface area (Å²) in [6.07, 6.45) is 2.78. The van der Waals surface area contributed by atoms with Crippen LogP contribution in [0.5, 0.6) is 0 Å². The van der Waals surface area contributed by atoms with Gasteiger partial charge >= 0.3 is 12.1 Å². The minimum Gasteiger partial charge on any atom is -0.481 e. The molecule has 3 amide bonds. The number of nitrogens with zero attached hydrogens (tertiary/aromatic N) is 4. The number of carbonyl (C=O) groups excluding carboxylic acids is 3. The van der Waals surface area contributed by atoms with Crippen LogP contribution in [0.1, 0.15) is 41.5 Å². The zero-order valence-corrected chi connectivity index (χ0v) is 23.3. The molecule has 0 bridgehead atoms. The standard InChI is InChI=1S/C31H33N5O6/c1-2-42-31(41)36-19-17-35(18-20-36)30(40)25(15-16-27(37)38)34-29(39)26-21-24(14-13-22-9-5-3-6-10-22)32-28(33-26)23-11-7-4-8-12-23/h3-14,21,25H,2,15-20H2,1H3,(H,34,39)(H,37,38)/t25-/m0/s1. The van der Waals surface area contributed by atoms with Crippen LogP contribution in [0.2, 0.25) is 0 Å². The molecule has 0 radical (unpaired) electrons. The largest absolute Gasteiger partial charge is 0.481 e. The Morgan fingerprint density at radius 2 is 1.57 bits per heavy atom. The highest BCUT2D eigenvalue weighted by atomic mass is 16.6. The molecule has 1 aliphatic heterocycles. The van der Waals surface area contributed by atoms with E-state index in [9.17, 15) is 24.3 Å². The minimum atomic E-state index is -1.10. The second kappa shape index (κ2) is 14.5. The third-order valence-corrected chi connectivity index (χ3v) is 6.62. The first-order valence-electron chi connectivity index (χ1n) is 13.7. The maximum absolute atomic E-state index is 13.5. The van der Waals surface area contributed by atoms with Gasteiger partial charge in [-0.25, -0.2) is 14.8 Å². The van der Waals surface area contributed by atoms with Crippen LogP contribution >= 0.6 is 0 Å². The van der Waals surface area contributed by atoms with Gasteiger partial charge < -0.3 is 25.0 Å². The summed E-state index contributed by atoms with van der Waals surface area (Å²) in [6.45, 7) is 2.98. The molecule has 1 aliphatic rings. The van der Waals surface area contributed by atoms with Gasteiger partial charge in [-0.05, 0) is 31.1 Å². The lowest BCUT2D eigenvalue weighted by molar-refractivity contribution is -0.138. The summed E-state index contributed by atoms with van der Waals surface area (Å²) in [4.78, 5) is 62.4. The van der Waals surface area contributed by atoms with Crippen molar-refractivity contribution in [1.29, 1.82) is 0 Å². The molecule has 4 rings (SSSR count). The van der Waals surface area contributed by atoms with Gasteiger partial charge in [-0.1, -0.05) is 66.7 Å². The second-order valence-electron chi connectivity index (χ2n) is 9.58. The molecule has 1 saturated heterocycles. The van der Waals surface area contributed by atoms with Crippen LogP contribution in [0.25, 0.3) is 23.5 Å². The molecule has 11 nitrogen and oxygen atoms in total. The van der Waals surface area contributed by atoms with E-state index in [-0.39, 0.29) is 51.3 Å². The number of benzene rings is 2. The van der Waals surface area contributed by atoms with E-state index < -0.39 is 29.9 Å². The van der Waals surface area contributed by atoms with Crippen molar-refractivity contribution < 1.29 is 29.0 Å². The fourth-order valence-electron chi connectivity index (χ4n) is 4.43. The summed E-state index contributed by atoms with van der Waals surface area (Å²) in [5.41, 5.74) is 2.18. The smallest absolute Gasteiger partial charge is 0.409 e. The fraction of sp³-hybridized carbons (Fsp3) is 0.290. The second-order valence-corrected chi connectivity index (χ2v) is 9.58. The number of carboxylic acids is 1. The highest BCUT2D eigenvalue weighted by Crippen LogP contribution is 2.18. The van der Waals surface area contributed by atoms with Crippen LogP contribution in [-0.4, -0.2) is 87.6 Å². The molecule has 2 aromatic carbocycles. The summed E-state index contributed by atoms with van der Waals surface area (Å²) >= 11 is 0. The molecule has 3 aromatic rings. The summed E-state index contributed by atoms with van der Waals surface area (Å²) in [5.74, 6) is -1.80. The van der Waals surface area contributed by atoms with Crippen molar-refractivity contribution in [3.63, 3.8) is 0 Å². The Morgan fingerprint density at radius 3 is 2.21 bits per heavy atom. The number of hydrogen-bond donors (Lipinski definition) is 2. The molecular formula is C31H33N5O6. The molecule has 0 aliphatic carbocycles. The molecule has 2 N–H and O–H groups in total. The molecule has 1 aromatic heterocycles. The predicted molar refractivity (Wildman–Crippen MR) is 156 cm³/mol. The summed E-state index contributed by atoms with van der Waals surface area (Å²) < 4.78 is 5.03. The Bertz CT molecular complexity index is 1420. The van der Waals surface area contributed by atoms with Crippen molar-refractivity contribution in [2.24, 2.45) is 0 Å². The zero-order valence-electron chi connectivity index (χ0n) is 23.3. The quantitative estimate of drug-likeness (QED) is 0.376. The van der Waals surface area contributed by atoms with Crippen LogP contribution in [0, 0.1) is 0 Å². The fourth-order valence-corrected chi connectivity index (χ4v) is 4.43. The van der Waals surface area contributed by atoms with E-state index in [0.717, 1.165) is 5.56 Å². The molecule has 1 fully saturated rings. The number of aromatic nitrogens is 2. The molecule has 11 heteroatoms. The van der Waals surface area contributed by atoms with Gasteiger partial charge in [0, 0.05) is 38.2 Å². The van der Waals surface area contributed by atoms with Crippen LogP contribution in [-0.2, 0) is 14.3 Å². The first-order valence-corrected chi connectivity index (χ1v) is 13.7. The molecule has 1 atom stereocenters. The number of piperazine rings is 1. The third kappa shape index (κ3) is 8.23. The van der Waals surface area contributed by atoms with Crippen LogP contribution in [0.4, 0.5) is 4.79 Å². The monoisotopic (exact) mass is 571 g/mol. The van der Waals surface area contributed by atoms with Gasteiger partial charge in [-0.15, -0.1) is 0 Å². The Labute approximate surface area is 243 Å². The lowest BCUT2D eigenvalue weighted by atomic mass is 10.1. The van der Waals surface area contributed by atoms with Crippen LogP contribution in [0.15, 0.2) is 66.7 Å². The van der Waals surface area contributed by atoms with Crippen molar-refractivity contribution in [3.05, 3.63) is 83.7 Å². The lowest BCUT2D eigenvalue weighted by Crippen LogP contribution is -2.56. The first kappa shape index (κ1) is 29.9. The van der Waals surface area contributed by atoms with Gasteiger partial charge in [0.2, 0.25) is 5.91 Å². The van der Waals surface area contributed by atoms with E-state index in [1.54, 1.807) is 13.0 Å². The van der Waals surface area contributed by atoms with Gasteiger partial charge in [0.15, 0.2) is 5.82 Å². The van der Waals surface area contributed by atoms with Gasteiger partial charge in [-0.3, -0.25) is 14.4 Å². The number of rotatable bonds is 10. The van der Waals surface area contributed by atoms with E-state index in [0.29, 0.717) is 17.1 Å². The number of carbonyl (C=O) groups is 4. The minimum absolute atomic E-state index is 0.0387. The molecule has 0 unspecified atom stereocenters. The highest BCUT2D eigenvalue weighted by Gasteiger charge is 2.31. The average Bonchev–Trinajstić information content (AvgIpc) is 3.02. The van der Waals surface area contributed by atoms with E-state index in [2.05, 4.69) is 15.3 Å². The molecule has 2 heterocycles. The first-order chi connectivity index (χ1) is 20.3. The van der Waals surface area contributed by atoms with Crippen molar-refractivity contribution >= 4 is 36.0 Å². The SMILES string of the molecule is CCOC(=O)N1CCN(C(=O)[C@H](CCC(=O)O)NC(=O)c2cc(C=Cc3ccccc3)nc(-c3ccccc3)n2)CC1. The zero-order chi connectivity index (χ0) is 29.9. The highest BCUT2D eigenvalue weighted by molar-refractivity contribution is 5.97.